The number of aromatic amines is 2. The van der Waals surface area contributed by atoms with Crippen LogP contribution in [0.25, 0.3) is 22.5 Å². The first-order chi connectivity index (χ1) is 9.29. The molecule has 0 radical (unpaired) electrons. The predicted molar refractivity (Wildman–Crippen MR) is 69.1 cm³/mol. The zero-order chi connectivity index (χ0) is 13.2. The van der Waals surface area contributed by atoms with Crippen LogP contribution < -0.4 is 0 Å². The van der Waals surface area contributed by atoms with E-state index in [1.54, 1.807) is 12.3 Å². The molecule has 92 valence electrons. The van der Waals surface area contributed by atoms with Gasteiger partial charge in [0.25, 0.3) is 0 Å². The molecule has 2 N–H and O–H groups in total. The number of nitrogens with one attached hydrogen (secondary N) is 2. The molecule has 0 unspecified atom stereocenters. The summed E-state index contributed by atoms with van der Waals surface area (Å²) in [5.74, 6) is 0. The van der Waals surface area contributed by atoms with Crippen LogP contribution in [0.4, 0.5) is 0 Å². The predicted octanol–water partition coefficient (Wildman–Crippen LogP) is 2.39. The molecule has 0 fully saturated rings. The standard InChI is InChI=1S/C12H7ClN6/c13-8-3-1-2-7(4-8)9-6-15-17-11(9)12-10(5-14)16-19-18-12/h1-4,6H,(H,15,17)(H,16,18,19). The zero-order valence-electron chi connectivity index (χ0n) is 9.55. The van der Waals surface area contributed by atoms with Crippen molar-refractivity contribution in [1.29, 1.82) is 5.26 Å². The summed E-state index contributed by atoms with van der Waals surface area (Å²) in [6.07, 6.45) is 1.66. The van der Waals surface area contributed by atoms with E-state index in [4.69, 9.17) is 16.9 Å². The van der Waals surface area contributed by atoms with Gasteiger partial charge in [0.2, 0.25) is 0 Å². The van der Waals surface area contributed by atoms with E-state index < -0.39 is 0 Å². The van der Waals surface area contributed by atoms with Gasteiger partial charge in [-0.1, -0.05) is 23.7 Å². The van der Waals surface area contributed by atoms with E-state index in [-0.39, 0.29) is 5.69 Å². The second-order valence-corrected chi connectivity index (χ2v) is 4.24. The molecule has 0 atom stereocenters. The number of aromatic nitrogens is 5. The van der Waals surface area contributed by atoms with Gasteiger partial charge in [0.1, 0.15) is 11.8 Å². The number of H-pyrrole nitrogens is 2. The molecule has 0 saturated heterocycles. The Morgan fingerprint density at radius 3 is 2.95 bits per heavy atom. The Bertz CT molecular complexity index is 766. The number of nitrogens with zero attached hydrogens (tertiary/aromatic N) is 4. The number of hydrogen-bond acceptors (Lipinski definition) is 4. The van der Waals surface area contributed by atoms with E-state index in [1.165, 1.54) is 0 Å². The fourth-order valence-corrected chi connectivity index (χ4v) is 2.01. The molecule has 6 nitrogen and oxygen atoms in total. The van der Waals surface area contributed by atoms with Crippen molar-refractivity contribution in [3.05, 3.63) is 41.2 Å². The highest BCUT2D eigenvalue weighted by Gasteiger charge is 2.17. The van der Waals surface area contributed by atoms with E-state index in [0.717, 1.165) is 11.1 Å². The van der Waals surface area contributed by atoms with Crippen molar-refractivity contribution < 1.29 is 0 Å². The third-order valence-electron chi connectivity index (χ3n) is 2.67. The van der Waals surface area contributed by atoms with Crippen molar-refractivity contribution in [3.63, 3.8) is 0 Å². The van der Waals surface area contributed by atoms with Crippen molar-refractivity contribution in [3.8, 4) is 28.6 Å². The van der Waals surface area contributed by atoms with E-state index in [9.17, 15) is 0 Å². The van der Waals surface area contributed by atoms with Gasteiger partial charge in [0.05, 0.1) is 11.9 Å². The Hall–Kier alpha value is -2.65. The third kappa shape index (κ3) is 1.96. The second kappa shape index (κ2) is 4.55. The van der Waals surface area contributed by atoms with Gasteiger partial charge in [-0.15, -0.1) is 5.10 Å². The number of nitriles is 1. The van der Waals surface area contributed by atoms with Gasteiger partial charge < -0.3 is 0 Å². The lowest BCUT2D eigenvalue weighted by Gasteiger charge is -2.01. The van der Waals surface area contributed by atoms with E-state index in [0.29, 0.717) is 16.4 Å². The minimum Gasteiger partial charge on any atom is -0.275 e. The lowest BCUT2D eigenvalue weighted by atomic mass is 10.0. The van der Waals surface area contributed by atoms with Crippen LogP contribution in [-0.4, -0.2) is 25.6 Å². The highest BCUT2D eigenvalue weighted by molar-refractivity contribution is 6.30. The third-order valence-corrected chi connectivity index (χ3v) is 2.90. The Labute approximate surface area is 113 Å². The number of rotatable bonds is 2. The van der Waals surface area contributed by atoms with Crippen LogP contribution in [0.15, 0.2) is 30.5 Å². The Morgan fingerprint density at radius 2 is 2.16 bits per heavy atom. The van der Waals surface area contributed by atoms with Crippen molar-refractivity contribution in [2.75, 3.05) is 0 Å². The Balaban J connectivity index is 2.17. The molecule has 2 heterocycles. The van der Waals surface area contributed by atoms with Gasteiger partial charge in [-0.2, -0.15) is 20.7 Å². The fraction of sp³-hybridized carbons (Fsp3) is 0. The van der Waals surface area contributed by atoms with Crippen LogP contribution in [0, 0.1) is 11.3 Å². The van der Waals surface area contributed by atoms with Crippen LogP contribution in [0.3, 0.4) is 0 Å². The van der Waals surface area contributed by atoms with Crippen LogP contribution >= 0.6 is 11.6 Å². The molecule has 0 amide bonds. The maximum atomic E-state index is 8.98. The summed E-state index contributed by atoms with van der Waals surface area (Å²) in [6, 6.07) is 9.35. The molecule has 0 aliphatic heterocycles. The SMILES string of the molecule is N#Cc1n[nH]nc1-c1[nH]ncc1-c1cccc(Cl)c1. The molecule has 2 aromatic heterocycles. The minimum absolute atomic E-state index is 0.215. The molecular formula is C12H7ClN6. The van der Waals surface area contributed by atoms with E-state index >= 15 is 0 Å². The summed E-state index contributed by atoms with van der Waals surface area (Å²) in [4.78, 5) is 0. The highest BCUT2D eigenvalue weighted by atomic mass is 35.5. The summed E-state index contributed by atoms with van der Waals surface area (Å²) in [5.41, 5.74) is 2.99. The average molecular weight is 271 g/mol. The van der Waals surface area contributed by atoms with Gasteiger partial charge in [-0.3, -0.25) is 5.10 Å². The second-order valence-electron chi connectivity index (χ2n) is 3.80. The smallest absolute Gasteiger partial charge is 0.192 e. The van der Waals surface area contributed by atoms with Crippen LogP contribution in [-0.2, 0) is 0 Å². The summed E-state index contributed by atoms with van der Waals surface area (Å²) < 4.78 is 0. The molecule has 0 bridgehead atoms. The summed E-state index contributed by atoms with van der Waals surface area (Å²) in [7, 11) is 0. The molecule has 3 rings (SSSR count). The number of hydrogen-bond donors (Lipinski definition) is 2. The lowest BCUT2D eigenvalue weighted by Crippen LogP contribution is -1.86. The van der Waals surface area contributed by atoms with E-state index in [2.05, 4.69) is 25.6 Å². The van der Waals surface area contributed by atoms with Gasteiger partial charge in [0.15, 0.2) is 5.69 Å². The quantitative estimate of drug-likeness (QED) is 0.747. The molecule has 0 spiro atoms. The normalized spacial score (nSPS) is 10.3. The van der Waals surface area contributed by atoms with Gasteiger partial charge in [-0.25, -0.2) is 0 Å². The minimum atomic E-state index is 0.215. The largest absolute Gasteiger partial charge is 0.275 e. The molecule has 3 aromatic rings. The molecule has 7 heteroatoms. The number of benzene rings is 1. The van der Waals surface area contributed by atoms with Crippen molar-refractivity contribution in [2.24, 2.45) is 0 Å². The molecule has 19 heavy (non-hydrogen) atoms. The molecule has 0 aliphatic carbocycles. The van der Waals surface area contributed by atoms with Crippen LogP contribution in [0.5, 0.6) is 0 Å². The molecule has 0 aliphatic rings. The maximum Gasteiger partial charge on any atom is 0.192 e. The van der Waals surface area contributed by atoms with Crippen LogP contribution in [0.1, 0.15) is 5.69 Å². The first kappa shape index (κ1) is 11.4. The fourth-order valence-electron chi connectivity index (χ4n) is 1.82. The van der Waals surface area contributed by atoms with Gasteiger partial charge in [-0.05, 0) is 17.7 Å². The lowest BCUT2D eigenvalue weighted by molar-refractivity contribution is 0.935. The Morgan fingerprint density at radius 1 is 1.26 bits per heavy atom. The number of halogens is 1. The highest BCUT2D eigenvalue weighted by Crippen LogP contribution is 2.31. The summed E-state index contributed by atoms with van der Waals surface area (Å²) in [6.45, 7) is 0. The first-order valence-corrected chi connectivity index (χ1v) is 5.78. The van der Waals surface area contributed by atoms with E-state index in [1.807, 2.05) is 24.3 Å². The summed E-state index contributed by atoms with van der Waals surface area (Å²) >= 11 is 5.98. The topological polar surface area (TPSA) is 94.0 Å². The van der Waals surface area contributed by atoms with Gasteiger partial charge in [0, 0.05) is 10.6 Å². The summed E-state index contributed by atoms with van der Waals surface area (Å²) in [5, 5.41) is 26.6. The molecule has 0 saturated carbocycles. The average Bonchev–Trinajstić information content (AvgIpc) is 3.06. The maximum absolute atomic E-state index is 8.98. The monoisotopic (exact) mass is 270 g/mol. The molecule has 1 aromatic carbocycles. The van der Waals surface area contributed by atoms with Crippen LogP contribution in [0.2, 0.25) is 5.02 Å². The van der Waals surface area contributed by atoms with Crippen molar-refractivity contribution in [2.45, 2.75) is 0 Å². The van der Waals surface area contributed by atoms with Gasteiger partial charge >= 0.3 is 0 Å². The first-order valence-electron chi connectivity index (χ1n) is 5.40. The molecular weight excluding hydrogens is 264 g/mol. The van der Waals surface area contributed by atoms with Crippen molar-refractivity contribution >= 4 is 11.6 Å². The zero-order valence-corrected chi connectivity index (χ0v) is 10.3. The Kier molecular flexibility index (Phi) is 2.74. The van der Waals surface area contributed by atoms with Crippen molar-refractivity contribution in [1.82, 2.24) is 25.6 Å².